The summed E-state index contributed by atoms with van der Waals surface area (Å²) in [5.74, 6) is 0.808. The maximum Gasteiger partial charge on any atom is 0.248 e. The summed E-state index contributed by atoms with van der Waals surface area (Å²) in [6.45, 7) is 0. The summed E-state index contributed by atoms with van der Waals surface area (Å²) in [7, 11) is 3.42. The second kappa shape index (κ2) is 8.70. The Labute approximate surface area is 194 Å². The van der Waals surface area contributed by atoms with E-state index in [1.54, 1.807) is 30.2 Å². The lowest BCUT2D eigenvalue weighted by Crippen LogP contribution is -2.51. The van der Waals surface area contributed by atoms with Gasteiger partial charge in [-0.25, -0.2) is 4.99 Å². The number of primary amides is 1. The highest BCUT2D eigenvalue weighted by Crippen LogP contribution is 2.42. The zero-order chi connectivity index (χ0) is 23.1. The molecule has 2 aliphatic carbocycles. The van der Waals surface area contributed by atoms with Crippen LogP contribution < -0.4 is 21.1 Å². The summed E-state index contributed by atoms with van der Waals surface area (Å²) in [5, 5.41) is 6.52. The predicted molar refractivity (Wildman–Crippen MR) is 126 cm³/mol. The highest BCUT2D eigenvalue weighted by molar-refractivity contribution is 5.98. The number of guanidine groups is 1. The molecule has 1 aromatic rings. The average Bonchev–Trinajstić information content (AvgIpc) is 3.50. The van der Waals surface area contributed by atoms with Crippen LogP contribution in [0.1, 0.15) is 55.3 Å². The quantitative estimate of drug-likeness (QED) is 0.646. The molecule has 0 spiro atoms. The van der Waals surface area contributed by atoms with E-state index in [1.807, 2.05) is 13.2 Å². The SMILES string of the molecule is COc1cc(C(N)=O)ccc1NC1=NC2C(=CN1)N(C)C(=O)[C@H]1CCC[C@H]1N2C1CCCC1. The minimum Gasteiger partial charge on any atom is -0.495 e. The molecule has 5 rings (SSSR count). The molecular formula is C24H32N6O3. The zero-order valence-corrected chi connectivity index (χ0v) is 19.2. The van der Waals surface area contributed by atoms with Crippen molar-refractivity contribution in [3.63, 3.8) is 0 Å². The van der Waals surface area contributed by atoms with Gasteiger partial charge in [0.2, 0.25) is 17.8 Å². The van der Waals surface area contributed by atoms with Crippen molar-refractivity contribution in [2.75, 3.05) is 19.5 Å². The number of fused-ring (bicyclic) bond motifs is 2. The van der Waals surface area contributed by atoms with Crippen molar-refractivity contribution in [1.29, 1.82) is 0 Å². The Bertz CT molecular complexity index is 1020. The molecule has 3 atom stereocenters. The molecule has 176 valence electrons. The van der Waals surface area contributed by atoms with Gasteiger partial charge in [-0.1, -0.05) is 19.3 Å². The van der Waals surface area contributed by atoms with Crippen molar-refractivity contribution in [1.82, 2.24) is 15.1 Å². The number of hydrogen-bond acceptors (Lipinski definition) is 7. The van der Waals surface area contributed by atoms with Crippen LogP contribution in [-0.4, -0.2) is 60.0 Å². The maximum absolute atomic E-state index is 13.3. The number of aliphatic imine (C=N–C) groups is 1. The van der Waals surface area contributed by atoms with Crippen LogP contribution >= 0.6 is 0 Å². The first kappa shape index (κ1) is 21.8. The van der Waals surface area contributed by atoms with Gasteiger partial charge in [0, 0.05) is 30.9 Å². The number of anilines is 1. The fraction of sp³-hybridized carbons (Fsp3) is 0.542. The van der Waals surface area contributed by atoms with Crippen LogP contribution in [0.15, 0.2) is 35.1 Å². The number of hydrogen-bond donors (Lipinski definition) is 3. The number of ether oxygens (including phenoxy) is 1. The average molecular weight is 453 g/mol. The summed E-state index contributed by atoms with van der Waals surface area (Å²) in [6.07, 6.45) is 9.50. The molecule has 2 amide bonds. The number of benzene rings is 1. The van der Waals surface area contributed by atoms with Crippen LogP contribution in [-0.2, 0) is 4.79 Å². The highest BCUT2D eigenvalue weighted by atomic mass is 16.5. The summed E-state index contributed by atoms with van der Waals surface area (Å²) >= 11 is 0. The molecule has 0 radical (unpaired) electrons. The van der Waals surface area contributed by atoms with Crippen LogP contribution in [0.3, 0.4) is 0 Å². The largest absolute Gasteiger partial charge is 0.495 e. The van der Waals surface area contributed by atoms with E-state index in [9.17, 15) is 9.59 Å². The second-order valence-electron chi connectivity index (χ2n) is 9.36. The number of methoxy groups -OCH3 is 1. The topological polar surface area (TPSA) is 112 Å². The van der Waals surface area contributed by atoms with Crippen molar-refractivity contribution in [3.05, 3.63) is 35.7 Å². The number of carbonyl (C=O) groups is 2. The molecule has 2 aliphatic heterocycles. The lowest BCUT2D eigenvalue weighted by Gasteiger charge is -2.40. The molecule has 0 aromatic heterocycles. The molecule has 3 fully saturated rings. The van der Waals surface area contributed by atoms with Gasteiger partial charge in [0.1, 0.15) is 11.9 Å². The van der Waals surface area contributed by atoms with E-state index in [1.165, 1.54) is 12.8 Å². The number of likely N-dealkylation sites (N-methyl/N-ethyl adjacent to an activating group) is 1. The Morgan fingerprint density at radius 1 is 1.21 bits per heavy atom. The van der Waals surface area contributed by atoms with Crippen molar-refractivity contribution in [2.45, 2.75) is 63.2 Å². The first-order chi connectivity index (χ1) is 16.0. The fourth-order valence-corrected chi connectivity index (χ4v) is 5.89. The summed E-state index contributed by atoms with van der Waals surface area (Å²) in [4.78, 5) is 34.2. The smallest absolute Gasteiger partial charge is 0.248 e. The van der Waals surface area contributed by atoms with Gasteiger partial charge < -0.3 is 26.0 Å². The molecule has 1 aromatic carbocycles. The minimum absolute atomic E-state index is 0.0372. The van der Waals surface area contributed by atoms with Crippen LogP contribution in [0.25, 0.3) is 0 Å². The third-order valence-electron chi connectivity index (χ3n) is 7.54. The number of nitrogens with two attached hydrogens (primary N) is 1. The first-order valence-corrected chi connectivity index (χ1v) is 11.8. The van der Waals surface area contributed by atoms with Crippen molar-refractivity contribution >= 4 is 23.5 Å². The van der Waals surface area contributed by atoms with Gasteiger partial charge in [0.25, 0.3) is 0 Å². The Kier molecular flexibility index (Phi) is 5.74. The van der Waals surface area contributed by atoms with Gasteiger partial charge in [-0.05, 0) is 43.9 Å². The molecule has 9 heteroatoms. The van der Waals surface area contributed by atoms with Crippen LogP contribution in [0.5, 0.6) is 5.75 Å². The van der Waals surface area contributed by atoms with E-state index < -0.39 is 5.91 Å². The maximum atomic E-state index is 13.3. The second-order valence-corrected chi connectivity index (χ2v) is 9.36. The van der Waals surface area contributed by atoms with E-state index in [0.717, 1.165) is 37.8 Å². The number of nitrogens with one attached hydrogen (secondary N) is 2. The van der Waals surface area contributed by atoms with Gasteiger partial charge in [-0.15, -0.1) is 0 Å². The molecule has 2 heterocycles. The molecule has 1 saturated heterocycles. The van der Waals surface area contributed by atoms with Gasteiger partial charge in [0.05, 0.1) is 24.4 Å². The number of rotatable bonds is 4. The van der Waals surface area contributed by atoms with Crippen molar-refractivity contribution in [3.8, 4) is 5.75 Å². The normalized spacial score (nSPS) is 27.8. The molecule has 4 N–H and O–H groups in total. The van der Waals surface area contributed by atoms with Crippen LogP contribution in [0.2, 0.25) is 0 Å². The van der Waals surface area contributed by atoms with Gasteiger partial charge in [0.15, 0.2) is 0 Å². The Hall–Kier alpha value is -3.07. The summed E-state index contributed by atoms with van der Waals surface area (Å²) in [5.41, 5.74) is 7.35. The predicted octanol–water partition coefficient (Wildman–Crippen LogP) is 2.22. The Balaban J connectivity index is 1.49. The Morgan fingerprint density at radius 3 is 2.73 bits per heavy atom. The Morgan fingerprint density at radius 2 is 2.00 bits per heavy atom. The standard InChI is InChI=1S/C24H32N6O3/c1-29-19-13-26-24(27-17-11-10-14(21(25)31)12-20(17)33-2)28-22(19)30(15-6-3-4-7-15)18-9-5-8-16(18)23(29)32/h10-13,15-16,18,22H,3-9H2,1-2H3,(H2,25,31)(H2,26,27,28)/t16-,18+,22?/m0/s1. The summed E-state index contributed by atoms with van der Waals surface area (Å²) < 4.78 is 5.46. The highest BCUT2D eigenvalue weighted by Gasteiger charge is 2.49. The fourth-order valence-electron chi connectivity index (χ4n) is 5.89. The van der Waals surface area contributed by atoms with E-state index in [2.05, 4.69) is 15.5 Å². The number of amides is 2. The van der Waals surface area contributed by atoms with Gasteiger partial charge >= 0.3 is 0 Å². The lowest BCUT2D eigenvalue weighted by molar-refractivity contribution is -0.132. The minimum atomic E-state index is -0.509. The van der Waals surface area contributed by atoms with E-state index >= 15 is 0 Å². The zero-order valence-electron chi connectivity index (χ0n) is 19.2. The summed E-state index contributed by atoms with van der Waals surface area (Å²) in [6, 6.07) is 5.69. The van der Waals surface area contributed by atoms with E-state index in [0.29, 0.717) is 29.0 Å². The van der Waals surface area contributed by atoms with Gasteiger partial charge in [-0.2, -0.15) is 0 Å². The molecule has 9 nitrogen and oxygen atoms in total. The van der Waals surface area contributed by atoms with Gasteiger partial charge in [-0.3, -0.25) is 14.5 Å². The van der Waals surface area contributed by atoms with E-state index in [4.69, 9.17) is 15.5 Å². The van der Waals surface area contributed by atoms with Crippen LogP contribution in [0, 0.1) is 5.92 Å². The molecular weight excluding hydrogens is 420 g/mol. The monoisotopic (exact) mass is 452 g/mol. The van der Waals surface area contributed by atoms with Crippen molar-refractivity contribution in [2.24, 2.45) is 16.6 Å². The molecule has 33 heavy (non-hydrogen) atoms. The molecule has 4 aliphatic rings. The third-order valence-corrected chi connectivity index (χ3v) is 7.54. The third kappa shape index (κ3) is 3.84. The lowest BCUT2D eigenvalue weighted by atomic mass is 9.99. The van der Waals surface area contributed by atoms with Crippen molar-refractivity contribution < 1.29 is 14.3 Å². The van der Waals surface area contributed by atoms with E-state index in [-0.39, 0.29) is 24.0 Å². The molecule has 0 bridgehead atoms. The number of nitrogens with zero attached hydrogens (tertiary/aromatic N) is 3. The first-order valence-electron chi connectivity index (χ1n) is 11.8. The molecule has 1 unspecified atom stereocenters. The van der Waals surface area contributed by atoms with Crippen LogP contribution in [0.4, 0.5) is 5.69 Å². The number of carbonyl (C=O) groups excluding carboxylic acids is 2. The molecule has 2 saturated carbocycles.